The van der Waals surface area contributed by atoms with E-state index >= 15 is 0 Å². The Morgan fingerprint density at radius 1 is 1.07 bits per heavy atom. The van der Waals surface area contributed by atoms with Crippen molar-refractivity contribution in [3.8, 4) is 22.9 Å². The van der Waals surface area contributed by atoms with E-state index in [2.05, 4.69) is 15.5 Å². The highest BCUT2D eigenvalue weighted by molar-refractivity contribution is 6.07. The van der Waals surface area contributed by atoms with E-state index in [0.29, 0.717) is 22.9 Å². The van der Waals surface area contributed by atoms with Crippen molar-refractivity contribution < 1.29 is 23.6 Å². The van der Waals surface area contributed by atoms with Crippen molar-refractivity contribution in [2.75, 3.05) is 14.2 Å². The number of methoxy groups -OCH3 is 2. The normalized spacial score (nSPS) is 18.4. The Balaban J connectivity index is 1.58. The summed E-state index contributed by atoms with van der Waals surface area (Å²) >= 11 is 0. The molecule has 0 saturated carbocycles. The third-order valence-electron chi connectivity index (χ3n) is 5.03. The molecule has 1 aliphatic rings. The fraction of sp³-hybridized carbons (Fsp3) is 0.238. The van der Waals surface area contributed by atoms with Crippen LogP contribution >= 0.6 is 0 Å². The van der Waals surface area contributed by atoms with Gasteiger partial charge >= 0.3 is 6.03 Å². The largest absolute Gasteiger partial charge is 0.493 e. The highest BCUT2D eigenvalue weighted by Crippen LogP contribution is 2.35. The van der Waals surface area contributed by atoms with Crippen LogP contribution in [0.25, 0.3) is 11.4 Å². The summed E-state index contributed by atoms with van der Waals surface area (Å²) in [7, 11) is 3.03. The molecular formula is C21H20N4O5. The van der Waals surface area contributed by atoms with Gasteiger partial charge in [0, 0.05) is 5.56 Å². The molecule has 30 heavy (non-hydrogen) atoms. The molecule has 154 valence electrons. The van der Waals surface area contributed by atoms with E-state index < -0.39 is 17.5 Å². The Morgan fingerprint density at radius 3 is 2.50 bits per heavy atom. The van der Waals surface area contributed by atoms with Crippen molar-refractivity contribution in [2.45, 2.75) is 19.0 Å². The van der Waals surface area contributed by atoms with Crippen molar-refractivity contribution in [2.24, 2.45) is 0 Å². The summed E-state index contributed by atoms with van der Waals surface area (Å²) < 4.78 is 15.8. The molecule has 1 saturated heterocycles. The number of rotatable bonds is 6. The van der Waals surface area contributed by atoms with E-state index in [1.165, 1.54) is 14.2 Å². The van der Waals surface area contributed by atoms with Crippen molar-refractivity contribution in [3.05, 3.63) is 60.0 Å². The fourth-order valence-electron chi connectivity index (χ4n) is 3.34. The lowest BCUT2D eigenvalue weighted by Gasteiger charge is -2.23. The van der Waals surface area contributed by atoms with Crippen LogP contribution in [0.15, 0.2) is 53.1 Å². The van der Waals surface area contributed by atoms with Gasteiger partial charge in [-0.3, -0.25) is 9.69 Å². The van der Waals surface area contributed by atoms with Gasteiger partial charge in [0.2, 0.25) is 11.7 Å². The second-order valence-corrected chi connectivity index (χ2v) is 6.89. The molecule has 0 spiro atoms. The van der Waals surface area contributed by atoms with E-state index in [-0.39, 0.29) is 12.4 Å². The third-order valence-corrected chi connectivity index (χ3v) is 5.03. The molecule has 9 heteroatoms. The maximum atomic E-state index is 13.2. The van der Waals surface area contributed by atoms with E-state index in [0.717, 1.165) is 10.5 Å². The molecule has 3 amide bonds. The molecule has 0 aliphatic carbocycles. The number of carbonyl (C=O) groups excluding carboxylic acids is 2. The Bertz CT molecular complexity index is 1100. The smallest absolute Gasteiger partial charge is 0.325 e. The number of aromatic nitrogens is 2. The average Bonchev–Trinajstić information content (AvgIpc) is 3.33. The molecule has 1 atom stereocenters. The SMILES string of the molecule is COc1ccc([C@@]2(C)NC(=O)N(Cc3nc(-c4ccccc4)no3)C2=O)cc1OC. The molecule has 1 N–H and O–H groups in total. The number of benzene rings is 2. The van der Waals surface area contributed by atoms with E-state index in [1.807, 2.05) is 30.3 Å². The van der Waals surface area contributed by atoms with Gasteiger partial charge in [0.25, 0.3) is 5.91 Å². The first-order valence-electron chi connectivity index (χ1n) is 9.21. The number of ether oxygens (including phenoxy) is 2. The Hall–Kier alpha value is -3.88. The van der Waals surface area contributed by atoms with Crippen LogP contribution in [0.4, 0.5) is 4.79 Å². The Labute approximate surface area is 172 Å². The summed E-state index contributed by atoms with van der Waals surface area (Å²) in [6.45, 7) is 1.51. The second-order valence-electron chi connectivity index (χ2n) is 6.89. The summed E-state index contributed by atoms with van der Waals surface area (Å²) in [4.78, 5) is 31.1. The lowest BCUT2D eigenvalue weighted by atomic mass is 9.91. The van der Waals surface area contributed by atoms with Gasteiger partial charge in [-0.05, 0) is 24.6 Å². The lowest BCUT2D eigenvalue weighted by molar-refractivity contribution is -0.131. The lowest BCUT2D eigenvalue weighted by Crippen LogP contribution is -2.40. The number of nitrogens with zero attached hydrogens (tertiary/aromatic N) is 3. The zero-order valence-corrected chi connectivity index (χ0v) is 16.7. The van der Waals surface area contributed by atoms with Gasteiger partial charge < -0.3 is 19.3 Å². The monoisotopic (exact) mass is 408 g/mol. The highest BCUT2D eigenvalue weighted by Gasteiger charge is 2.49. The molecule has 0 unspecified atom stereocenters. The van der Waals surface area contributed by atoms with Gasteiger partial charge in [0.05, 0.1) is 14.2 Å². The van der Waals surface area contributed by atoms with Gasteiger partial charge in [0.1, 0.15) is 12.1 Å². The topological polar surface area (TPSA) is 107 Å². The number of hydrogen-bond donors (Lipinski definition) is 1. The number of amides is 3. The average molecular weight is 408 g/mol. The van der Waals surface area contributed by atoms with Crippen LogP contribution in [0.3, 0.4) is 0 Å². The van der Waals surface area contributed by atoms with Crippen LogP contribution in [0, 0.1) is 0 Å². The van der Waals surface area contributed by atoms with Crippen molar-refractivity contribution >= 4 is 11.9 Å². The van der Waals surface area contributed by atoms with Crippen LogP contribution in [-0.4, -0.2) is 41.2 Å². The summed E-state index contributed by atoms with van der Waals surface area (Å²) in [5.41, 5.74) is 0.0789. The maximum Gasteiger partial charge on any atom is 0.325 e. The zero-order chi connectivity index (χ0) is 21.3. The molecule has 0 bridgehead atoms. The molecule has 4 rings (SSSR count). The number of urea groups is 1. The van der Waals surface area contributed by atoms with Crippen LogP contribution in [0.1, 0.15) is 18.4 Å². The molecule has 1 fully saturated rings. The van der Waals surface area contributed by atoms with Gasteiger partial charge in [0.15, 0.2) is 11.5 Å². The molecule has 2 aromatic carbocycles. The number of hydrogen-bond acceptors (Lipinski definition) is 7. The van der Waals surface area contributed by atoms with Gasteiger partial charge in [-0.1, -0.05) is 41.6 Å². The van der Waals surface area contributed by atoms with Crippen molar-refractivity contribution in [1.29, 1.82) is 0 Å². The summed E-state index contributed by atoms with van der Waals surface area (Å²) in [6, 6.07) is 13.8. The van der Waals surface area contributed by atoms with Crippen LogP contribution < -0.4 is 14.8 Å². The molecule has 1 aromatic heterocycles. The number of imide groups is 1. The Kier molecular flexibility index (Phi) is 4.86. The highest BCUT2D eigenvalue weighted by atomic mass is 16.5. The molecule has 3 aromatic rings. The van der Waals surface area contributed by atoms with E-state index in [1.54, 1.807) is 25.1 Å². The standard InChI is InChI=1S/C21H20N4O5/c1-21(14-9-10-15(28-2)16(11-14)29-3)19(26)25(20(27)23-21)12-17-22-18(24-30-17)13-7-5-4-6-8-13/h4-11H,12H2,1-3H3,(H,23,27)/t21-/m1/s1. The number of nitrogens with one attached hydrogen (secondary N) is 1. The summed E-state index contributed by atoms with van der Waals surface area (Å²) in [5.74, 6) is 1.10. The van der Waals surface area contributed by atoms with Gasteiger partial charge in [-0.25, -0.2) is 4.79 Å². The fourth-order valence-corrected chi connectivity index (χ4v) is 3.34. The first kappa shape index (κ1) is 19.4. The molecule has 0 radical (unpaired) electrons. The molecule has 2 heterocycles. The van der Waals surface area contributed by atoms with Crippen LogP contribution in [0.5, 0.6) is 11.5 Å². The van der Waals surface area contributed by atoms with E-state index in [4.69, 9.17) is 14.0 Å². The minimum Gasteiger partial charge on any atom is -0.493 e. The second kappa shape index (κ2) is 7.51. The predicted octanol–water partition coefficient (Wildman–Crippen LogP) is 2.72. The predicted molar refractivity (Wildman–Crippen MR) is 106 cm³/mol. The van der Waals surface area contributed by atoms with Crippen LogP contribution in [0.2, 0.25) is 0 Å². The number of carbonyl (C=O) groups is 2. The van der Waals surface area contributed by atoms with Gasteiger partial charge in [-0.2, -0.15) is 4.98 Å². The zero-order valence-electron chi connectivity index (χ0n) is 16.7. The van der Waals surface area contributed by atoms with Gasteiger partial charge in [-0.15, -0.1) is 0 Å². The minimum absolute atomic E-state index is 0.132. The first-order valence-corrected chi connectivity index (χ1v) is 9.21. The maximum absolute atomic E-state index is 13.2. The molecule has 9 nitrogen and oxygen atoms in total. The summed E-state index contributed by atoms with van der Waals surface area (Å²) in [6.07, 6.45) is 0. The first-order chi connectivity index (χ1) is 14.5. The van der Waals surface area contributed by atoms with Crippen LogP contribution in [-0.2, 0) is 16.9 Å². The minimum atomic E-state index is -1.26. The summed E-state index contributed by atoms with van der Waals surface area (Å²) in [5, 5.41) is 6.67. The third kappa shape index (κ3) is 3.24. The van der Waals surface area contributed by atoms with Crippen molar-refractivity contribution in [3.63, 3.8) is 0 Å². The van der Waals surface area contributed by atoms with E-state index in [9.17, 15) is 9.59 Å². The molecular weight excluding hydrogens is 388 g/mol. The Morgan fingerprint density at radius 2 is 1.80 bits per heavy atom. The molecule has 1 aliphatic heterocycles. The van der Waals surface area contributed by atoms with Crippen molar-refractivity contribution in [1.82, 2.24) is 20.4 Å². The quantitative estimate of drug-likeness (QED) is 0.625.